The van der Waals surface area contributed by atoms with Crippen molar-refractivity contribution in [1.82, 2.24) is 4.90 Å². The van der Waals surface area contributed by atoms with Gasteiger partial charge in [0.25, 0.3) is 0 Å². The van der Waals surface area contributed by atoms with Gasteiger partial charge < -0.3 is 4.74 Å². The molecule has 22 heavy (non-hydrogen) atoms. The van der Waals surface area contributed by atoms with Crippen molar-refractivity contribution in [2.45, 2.75) is 45.2 Å². The first-order valence-electron chi connectivity index (χ1n) is 7.35. The van der Waals surface area contributed by atoms with E-state index >= 15 is 0 Å². The molecular formula is C17H25NO4. The summed E-state index contributed by atoms with van der Waals surface area (Å²) in [4.78, 5) is 37.8. The van der Waals surface area contributed by atoms with Crippen LogP contribution in [0.15, 0.2) is 25.3 Å². The number of hydrogen-bond acceptors (Lipinski definition) is 5. The highest BCUT2D eigenvalue weighted by atomic mass is 16.5. The molecule has 0 saturated carbocycles. The Labute approximate surface area is 132 Å². The number of Topliss-reactive ketones (excluding diaryl/α,β-unsaturated/α-hetero) is 1. The van der Waals surface area contributed by atoms with Crippen LogP contribution in [0.3, 0.4) is 0 Å². The van der Waals surface area contributed by atoms with E-state index in [2.05, 4.69) is 13.2 Å². The van der Waals surface area contributed by atoms with E-state index in [1.165, 1.54) is 6.08 Å². The molecule has 122 valence electrons. The summed E-state index contributed by atoms with van der Waals surface area (Å²) in [6, 6.07) is 0. The molecule has 0 aromatic carbocycles. The molecular weight excluding hydrogens is 282 g/mol. The first kappa shape index (κ1) is 18.3. The van der Waals surface area contributed by atoms with Crippen LogP contribution in [0.2, 0.25) is 0 Å². The lowest BCUT2D eigenvalue weighted by atomic mass is 9.71. The molecule has 0 N–H and O–H groups in total. The Bertz CT molecular complexity index is 505. The van der Waals surface area contributed by atoms with Crippen LogP contribution in [-0.4, -0.2) is 46.7 Å². The maximum absolute atomic E-state index is 12.7. The quantitative estimate of drug-likeness (QED) is 0.426. The maximum atomic E-state index is 12.7. The number of allylic oxidation sites excluding steroid dienone is 1. The van der Waals surface area contributed by atoms with E-state index in [1.54, 1.807) is 13.8 Å². The van der Waals surface area contributed by atoms with Gasteiger partial charge in [0.05, 0.1) is 11.5 Å². The van der Waals surface area contributed by atoms with E-state index in [0.29, 0.717) is 13.0 Å². The molecule has 1 heterocycles. The minimum Gasteiger partial charge on any atom is -0.461 e. The molecule has 0 radical (unpaired) electrons. The fraction of sp³-hybridized carbons (Fsp3) is 0.588. The molecule has 1 aliphatic rings. The van der Waals surface area contributed by atoms with Gasteiger partial charge in [0.2, 0.25) is 0 Å². The predicted octanol–water partition coefficient (Wildman–Crippen LogP) is 1.92. The van der Waals surface area contributed by atoms with Crippen molar-refractivity contribution in [3.63, 3.8) is 0 Å². The van der Waals surface area contributed by atoms with Gasteiger partial charge in [-0.05, 0) is 40.2 Å². The predicted molar refractivity (Wildman–Crippen MR) is 84.3 cm³/mol. The molecule has 0 aromatic rings. The lowest BCUT2D eigenvalue weighted by Crippen LogP contribution is -2.67. The van der Waals surface area contributed by atoms with Crippen LogP contribution < -0.4 is 0 Å². The number of nitrogens with zero attached hydrogens (tertiary/aromatic N) is 1. The number of carbonyl (C=O) groups is 3. The molecule has 1 saturated heterocycles. The number of carbonyl (C=O) groups excluding carboxylic acids is 3. The summed E-state index contributed by atoms with van der Waals surface area (Å²) in [5.74, 6) is -1.50. The van der Waals surface area contributed by atoms with E-state index in [4.69, 9.17) is 4.74 Å². The third-order valence-corrected chi connectivity index (χ3v) is 4.30. The molecule has 0 amide bonds. The van der Waals surface area contributed by atoms with E-state index in [-0.39, 0.29) is 23.7 Å². The van der Waals surface area contributed by atoms with Crippen LogP contribution in [0.5, 0.6) is 0 Å². The van der Waals surface area contributed by atoms with Crippen LogP contribution in [0.25, 0.3) is 0 Å². The van der Waals surface area contributed by atoms with E-state index in [9.17, 15) is 14.4 Å². The van der Waals surface area contributed by atoms with E-state index < -0.39 is 17.4 Å². The number of hydrogen-bond donors (Lipinski definition) is 0. The second-order valence-corrected chi connectivity index (χ2v) is 6.62. The fourth-order valence-corrected chi connectivity index (χ4v) is 3.27. The summed E-state index contributed by atoms with van der Waals surface area (Å²) in [6.07, 6.45) is 2.75. The van der Waals surface area contributed by atoms with Gasteiger partial charge in [-0.1, -0.05) is 13.2 Å². The van der Waals surface area contributed by atoms with Gasteiger partial charge in [-0.25, -0.2) is 4.79 Å². The third kappa shape index (κ3) is 3.53. The molecule has 1 aliphatic heterocycles. The maximum Gasteiger partial charge on any atom is 0.330 e. The number of esters is 1. The fourth-order valence-electron chi connectivity index (χ4n) is 3.27. The van der Waals surface area contributed by atoms with Gasteiger partial charge in [0.1, 0.15) is 6.61 Å². The van der Waals surface area contributed by atoms with Crippen molar-refractivity contribution in [1.29, 1.82) is 0 Å². The molecule has 1 rings (SSSR count). The van der Waals surface area contributed by atoms with Gasteiger partial charge in [-0.3, -0.25) is 14.5 Å². The summed E-state index contributed by atoms with van der Waals surface area (Å²) in [5, 5.41) is 0. The Morgan fingerprint density at radius 1 is 1.27 bits per heavy atom. The Morgan fingerprint density at radius 3 is 2.36 bits per heavy atom. The Morgan fingerprint density at radius 2 is 1.86 bits per heavy atom. The number of ether oxygens (including phenoxy) is 1. The third-order valence-electron chi connectivity index (χ3n) is 4.30. The number of ketones is 2. The summed E-state index contributed by atoms with van der Waals surface area (Å²) in [7, 11) is 0. The van der Waals surface area contributed by atoms with E-state index in [1.807, 2.05) is 18.7 Å². The molecule has 1 unspecified atom stereocenters. The van der Waals surface area contributed by atoms with Gasteiger partial charge in [-0.15, -0.1) is 0 Å². The summed E-state index contributed by atoms with van der Waals surface area (Å²) >= 11 is 0. The summed E-state index contributed by atoms with van der Waals surface area (Å²) in [5.41, 5.74) is -1.19. The molecule has 1 atom stereocenters. The largest absolute Gasteiger partial charge is 0.461 e. The molecule has 5 heteroatoms. The first-order valence-corrected chi connectivity index (χ1v) is 7.35. The Hall–Kier alpha value is -1.75. The smallest absolute Gasteiger partial charge is 0.330 e. The minimum absolute atomic E-state index is 0.119. The Kier molecular flexibility index (Phi) is 5.46. The van der Waals surface area contributed by atoms with Crippen molar-refractivity contribution in [3.05, 3.63) is 25.3 Å². The SMILES string of the molecule is C=CC(=O)OCCN1C(C)(C)CC(C(=O)C=C)C(=O)C1(C)C. The van der Waals surface area contributed by atoms with Crippen molar-refractivity contribution in [2.24, 2.45) is 5.92 Å². The molecule has 0 bridgehead atoms. The van der Waals surface area contributed by atoms with E-state index in [0.717, 1.165) is 6.08 Å². The molecule has 5 nitrogen and oxygen atoms in total. The van der Waals surface area contributed by atoms with Crippen LogP contribution >= 0.6 is 0 Å². The van der Waals surface area contributed by atoms with Gasteiger partial charge in [-0.2, -0.15) is 0 Å². The average Bonchev–Trinajstić information content (AvgIpc) is 2.45. The van der Waals surface area contributed by atoms with Crippen molar-refractivity contribution in [2.75, 3.05) is 13.2 Å². The number of likely N-dealkylation sites (tertiary alicyclic amines) is 1. The zero-order valence-corrected chi connectivity index (χ0v) is 13.8. The Balaban J connectivity index is 2.96. The van der Waals surface area contributed by atoms with Crippen LogP contribution in [0, 0.1) is 5.92 Å². The number of rotatable bonds is 6. The average molecular weight is 307 g/mol. The normalized spacial score (nSPS) is 23.6. The molecule has 0 aromatic heterocycles. The van der Waals surface area contributed by atoms with Gasteiger partial charge in [0, 0.05) is 18.2 Å². The first-order chi connectivity index (χ1) is 10.1. The zero-order chi connectivity index (χ0) is 17.1. The molecule has 1 fully saturated rings. The van der Waals surface area contributed by atoms with Crippen LogP contribution in [-0.2, 0) is 19.1 Å². The van der Waals surface area contributed by atoms with Crippen molar-refractivity contribution >= 4 is 17.5 Å². The standard InChI is InChI=1S/C17H25NO4/c1-7-13(19)12-11-16(3,4)18(17(5,6)15(12)21)9-10-22-14(20)8-2/h7-8,12H,1-2,9-11H2,3-6H3. The monoisotopic (exact) mass is 307 g/mol. The molecule has 0 aliphatic carbocycles. The highest BCUT2D eigenvalue weighted by Gasteiger charge is 2.52. The second kappa shape index (κ2) is 6.57. The minimum atomic E-state index is -0.814. The van der Waals surface area contributed by atoms with Crippen LogP contribution in [0.1, 0.15) is 34.1 Å². The highest BCUT2D eigenvalue weighted by Crippen LogP contribution is 2.39. The van der Waals surface area contributed by atoms with Gasteiger partial charge >= 0.3 is 5.97 Å². The van der Waals surface area contributed by atoms with Crippen molar-refractivity contribution < 1.29 is 19.1 Å². The topological polar surface area (TPSA) is 63.7 Å². The summed E-state index contributed by atoms with van der Waals surface area (Å²) in [6.45, 7) is 15.0. The number of piperidine rings is 1. The second-order valence-electron chi connectivity index (χ2n) is 6.62. The van der Waals surface area contributed by atoms with Gasteiger partial charge in [0.15, 0.2) is 11.6 Å². The summed E-state index contributed by atoms with van der Waals surface area (Å²) < 4.78 is 5.02. The van der Waals surface area contributed by atoms with Crippen molar-refractivity contribution in [3.8, 4) is 0 Å². The zero-order valence-electron chi connectivity index (χ0n) is 13.8. The lowest BCUT2D eigenvalue weighted by molar-refractivity contribution is -0.153. The lowest BCUT2D eigenvalue weighted by Gasteiger charge is -2.53. The highest BCUT2D eigenvalue weighted by molar-refractivity contribution is 6.10. The van der Waals surface area contributed by atoms with Crippen LogP contribution in [0.4, 0.5) is 0 Å². The molecule has 0 spiro atoms.